The molecule has 0 saturated heterocycles. The fourth-order valence-electron chi connectivity index (χ4n) is 3.53. The van der Waals surface area contributed by atoms with Crippen LogP contribution in [0, 0.1) is 0 Å². The summed E-state index contributed by atoms with van der Waals surface area (Å²) in [6, 6.07) is 8.26. The van der Waals surface area contributed by atoms with Gasteiger partial charge in [0.15, 0.2) is 11.8 Å². The standard InChI is InChI=1S/C23H33N7O/c1-7-20-26-22(31-28-20)18-10-8-17(9-11-18)12-13-25-23(24-4)29(5)14-19-15-30(6)27-21(19)16(2)3/h8-11,15-16H,7,12-14H2,1-6H3,(H,24,25). The monoisotopic (exact) mass is 423 g/mol. The van der Waals surface area contributed by atoms with Crippen LogP contribution in [0.15, 0.2) is 40.0 Å². The number of benzene rings is 1. The molecule has 0 aliphatic carbocycles. The lowest BCUT2D eigenvalue weighted by Gasteiger charge is -2.22. The fraction of sp³-hybridized carbons (Fsp3) is 0.478. The zero-order chi connectivity index (χ0) is 22.4. The Morgan fingerprint density at radius 1 is 1.26 bits per heavy atom. The summed E-state index contributed by atoms with van der Waals surface area (Å²) in [5.41, 5.74) is 4.54. The van der Waals surface area contributed by atoms with Crippen LogP contribution in [0.25, 0.3) is 11.5 Å². The molecule has 166 valence electrons. The van der Waals surface area contributed by atoms with E-state index in [4.69, 9.17) is 4.52 Å². The van der Waals surface area contributed by atoms with Crippen molar-refractivity contribution in [2.45, 2.75) is 46.1 Å². The molecule has 0 unspecified atom stereocenters. The van der Waals surface area contributed by atoms with Gasteiger partial charge in [-0.1, -0.05) is 38.1 Å². The number of nitrogens with one attached hydrogen (secondary N) is 1. The number of aromatic nitrogens is 4. The van der Waals surface area contributed by atoms with Crippen LogP contribution in [-0.2, 0) is 26.4 Å². The first-order chi connectivity index (χ1) is 14.9. The number of nitrogens with zero attached hydrogens (tertiary/aromatic N) is 6. The van der Waals surface area contributed by atoms with Crippen molar-refractivity contribution in [2.24, 2.45) is 12.0 Å². The van der Waals surface area contributed by atoms with Gasteiger partial charge in [0.25, 0.3) is 5.89 Å². The number of aliphatic imine (C=N–C) groups is 1. The minimum atomic E-state index is 0.392. The van der Waals surface area contributed by atoms with Crippen LogP contribution in [0.1, 0.15) is 49.3 Å². The van der Waals surface area contributed by atoms with Crippen LogP contribution < -0.4 is 5.32 Å². The Morgan fingerprint density at radius 3 is 2.61 bits per heavy atom. The first-order valence-electron chi connectivity index (χ1n) is 10.8. The normalized spacial score (nSPS) is 11.9. The maximum absolute atomic E-state index is 5.31. The summed E-state index contributed by atoms with van der Waals surface area (Å²) in [4.78, 5) is 10.9. The van der Waals surface area contributed by atoms with E-state index in [9.17, 15) is 0 Å². The molecule has 1 aromatic carbocycles. The Morgan fingerprint density at radius 2 is 2.00 bits per heavy atom. The molecule has 0 aliphatic heterocycles. The molecule has 0 radical (unpaired) electrons. The molecule has 1 N–H and O–H groups in total. The van der Waals surface area contributed by atoms with Gasteiger partial charge in [0, 0.05) is 58.0 Å². The predicted octanol–water partition coefficient (Wildman–Crippen LogP) is 3.41. The van der Waals surface area contributed by atoms with Crippen molar-refractivity contribution in [1.82, 2.24) is 30.1 Å². The number of rotatable bonds is 8. The lowest BCUT2D eigenvalue weighted by Crippen LogP contribution is -2.39. The van der Waals surface area contributed by atoms with Gasteiger partial charge in [0.1, 0.15) is 0 Å². The molecule has 3 aromatic rings. The van der Waals surface area contributed by atoms with Crippen molar-refractivity contribution in [1.29, 1.82) is 0 Å². The average Bonchev–Trinajstić information content (AvgIpc) is 3.38. The van der Waals surface area contributed by atoms with Crippen molar-refractivity contribution in [2.75, 3.05) is 20.6 Å². The van der Waals surface area contributed by atoms with Crippen LogP contribution in [0.4, 0.5) is 0 Å². The van der Waals surface area contributed by atoms with Gasteiger partial charge < -0.3 is 14.7 Å². The molecule has 8 nitrogen and oxygen atoms in total. The zero-order valence-electron chi connectivity index (χ0n) is 19.4. The number of hydrogen-bond acceptors (Lipinski definition) is 5. The molecule has 0 fully saturated rings. The molecule has 0 aliphatic rings. The van der Waals surface area contributed by atoms with Crippen LogP contribution in [0.3, 0.4) is 0 Å². The van der Waals surface area contributed by atoms with E-state index in [2.05, 4.69) is 69.7 Å². The third-order valence-corrected chi connectivity index (χ3v) is 5.15. The van der Waals surface area contributed by atoms with E-state index in [1.165, 1.54) is 11.1 Å². The lowest BCUT2D eigenvalue weighted by atomic mass is 10.1. The van der Waals surface area contributed by atoms with Crippen LogP contribution >= 0.6 is 0 Å². The number of aryl methyl sites for hydroxylation is 2. The lowest BCUT2D eigenvalue weighted by molar-refractivity contribution is 0.423. The van der Waals surface area contributed by atoms with E-state index in [0.717, 1.165) is 49.0 Å². The molecule has 0 saturated carbocycles. The summed E-state index contributed by atoms with van der Waals surface area (Å²) < 4.78 is 7.19. The Balaban J connectivity index is 1.54. The van der Waals surface area contributed by atoms with Crippen molar-refractivity contribution >= 4 is 5.96 Å². The van der Waals surface area contributed by atoms with Gasteiger partial charge >= 0.3 is 0 Å². The zero-order valence-corrected chi connectivity index (χ0v) is 19.4. The predicted molar refractivity (Wildman–Crippen MR) is 123 cm³/mol. The van der Waals surface area contributed by atoms with Crippen LogP contribution in [0.5, 0.6) is 0 Å². The first kappa shape index (κ1) is 22.5. The molecule has 0 amide bonds. The van der Waals surface area contributed by atoms with Gasteiger partial charge in [-0.3, -0.25) is 9.67 Å². The largest absolute Gasteiger partial charge is 0.356 e. The van der Waals surface area contributed by atoms with E-state index in [1.807, 2.05) is 37.8 Å². The maximum Gasteiger partial charge on any atom is 0.257 e. The van der Waals surface area contributed by atoms with Gasteiger partial charge in [-0.15, -0.1) is 0 Å². The van der Waals surface area contributed by atoms with Gasteiger partial charge in [-0.05, 0) is 30.0 Å². The third kappa shape index (κ3) is 5.71. The van der Waals surface area contributed by atoms with Gasteiger partial charge in [-0.2, -0.15) is 10.1 Å². The van der Waals surface area contributed by atoms with Crippen LogP contribution in [0.2, 0.25) is 0 Å². The third-order valence-electron chi connectivity index (χ3n) is 5.15. The molecule has 2 heterocycles. The highest BCUT2D eigenvalue weighted by molar-refractivity contribution is 5.79. The highest BCUT2D eigenvalue weighted by Crippen LogP contribution is 2.19. The Bertz CT molecular complexity index is 1000. The van der Waals surface area contributed by atoms with Gasteiger partial charge in [0.05, 0.1) is 5.69 Å². The van der Waals surface area contributed by atoms with E-state index >= 15 is 0 Å². The molecule has 0 atom stereocenters. The summed E-state index contributed by atoms with van der Waals surface area (Å²) in [5.74, 6) is 2.56. The molecule has 8 heteroatoms. The fourth-order valence-corrected chi connectivity index (χ4v) is 3.53. The number of hydrogen-bond donors (Lipinski definition) is 1. The highest BCUT2D eigenvalue weighted by atomic mass is 16.5. The minimum Gasteiger partial charge on any atom is -0.356 e. The topological polar surface area (TPSA) is 84.4 Å². The SMILES string of the molecule is CCc1noc(-c2ccc(CCNC(=NC)N(C)Cc3cn(C)nc3C(C)C)cc2)n1. The van der Waals surface area contributed by atoms with E-state index in [-0.39, 0.29) is 0 Å². The summed E-state index contributed by atoms with van der Waals surface area (Å²) in [5, 5.41) is 12.0. The summed E-state index contributed by atoms with van der Waals surface area (Å²) in [6.07, 6.45) is 3.75. The van der Waals surface area contributed by atoms with Crippen molar-refractivity contribution in [3.05, 3.63) is 53.1 Å². The van der Waals surface area contributed by atoms with Crippen LogP contribution in [-0.4, -0.2) is 51.4 Å². The minimum absolute atomic E-state index is 0.392. The summed E-state index contributed by atoms with van der Waals surface area (Å²) >= 11 is 0. The Labute approximate surface area is 184 Å². The summed E-state index contributed by atoms with van der Waals surface area (Å²) in [7, 11) is 5.83. The second-order valence-corrected chi connectivity index (χ2v) is 8.01. The quantitative estimate of drug-likeness (QED) is 0.442. The molecule has 0 bridgehead atoms. The van der Waals surface area contributed by atoms with Gasteiger partial charge in [0.2, 0.25) is 0 Å². The first-order valence-corrected chi connectivity index (χ1v) is 10.8. The Kier molecular flexibility index (Phi) is 7.44. The molecule has 0 spiro atoms. The maximum atomic E-state index is 5.31. The smallest absolute Gasteiger partial charge is 0.257 e. The number of guanidine groups is 1. The van der Waals surface area contributed by atoms with E-state index in [1.54, 1.807) is 0 Å². The van der Waals surface area contributed by atoms with E-state index in [0.29, 0.717) is 11.8 Å². The van der Waals surface area contributed by atoms with Crippen molar-refractivity contribution in [3.63, 3.8) is 0 Å². The highest BCUT2D eigenvalue weighted by Gasteiger charge is 2.15. The average molecular weight is 424 g/mol. The molecule has 31 heavy (non-hydrogen) atoms. The molecule has 3 rings (SSSR count). The van der Waals surface area contributed by atoms with E-state index < -0.39 is 0 Å². The molecule has 2 aromatic heterocycles. The second-order valence-electron chi connectivity index (χ2n) is 8.01. The van der Waals surface area contributed by atoms with Crippen molar-refractivity contribution < 1.29 is 4.52 Å². The van der Waals surface area contributed by atoms with Crippen molar-refractivity contribution in [3.8, 4) is 11.5 Å². The Hall–Kier alpha value is -3.16. The second kappa shape index (κ2) is 10.2. The van der Waals surface area contributed by atoms with Gasteiger partial charge in [-0.25, -0.2) is 0 Å². The summed E-state index contributed by atoms with van der Waals surface area (Å²) in [6.45, 7) is 7.91. The molecular weight excluding hydrogens is 390 g/mol. The molecular formula is C23H33N7O.